The Morgan fingerprint density at radius 2 is 2.16 bits per heavy atom. The Bertz CT molecular complexity index is 511. The van der Waals surface area contributed by atoms with Gasteiger partial charge in [-0.2, -0.15) is 0 Å². The van der Waals surface area contributed by atoms with Gasteiger partial charge >= 0.3 is 0 Å². The summed E-state index contributed by atoms with van der Waals surface area (Å²) in [6.45, 7) is 5.87. The number of aryl methyl sites for hydroxylation is 1. The number of halogens is 1. The number of nitrogens with one attached hydrogen (secondary N) is 1. The van der Waals surface area contributed by atoms with Gasteiger partial charge < -0.3 is 11.1 Å². The van der Waals surface area contributed by atoms with Crippen LogP contribution in [0.25, 0.3) is 0 Å². The fourth-order valence-corrected chi connectivity index (χ4v) is 2.79. The summed E-state index contributed by atoms with van der Waals surface area (Å²) in [4.78, 5) is 12.2. The lowest BCUT2D eigenvalue weighted by Gasteiger charge is -2.28. The van der Waals surface area contributed by atoms with E-state index in [1.807, 2.05) is 0 Å². The number of nitrogens with two attached hydrogens (primary N) is 1. The Morgan fingerprint density at radius 3 is 2.74 bits per heavy atom. The molecule has 0 aliphatic heterocycles. The molecular formula is C15H21FN2O. The highest BCUT2D eigenvalue weighted by molar-refractivity contribution is 5.95. The molecule has 0 heterocycles. The Balaban J connectivity index is 2.21. The Kier molecular flexibility index (Phi) is 3.52. The van der Waals surface area contributed by atoms with Crippen LogP contribution in [0.15, 0.2) is 12.1 Å². The van der Waals surface area contributed by atoms with E-state index >= 15 is 0 Å². The van der Waals surface area contributed by atoms with Gasteiger partial charge in [0.2, 0.25) is 0 Å². The molecule has 1 amide bonds. The normalized spacial score (nSPS) is 21.4. The maximum atomic E-state index is 14.0. The van der Waals surface area contributed by atoms with Gasteiger partial charge in [0.1, 0.15) is 5.82 Å². The quantitative estimate of drug-likeness (QED) is 0.807. The first-order chi connectivity index (χ1) is 8.81. The summed E-state index contributed by atoms with van der Waals surface area (Å²) >= 11 is 0. The summed E-state index contributed by atoms with van der Waals surface area (Å²) < 4.78 is 14.0. The van der Waals surface area contributed by atoms with E-state index in [2.05, 4.69) is 19.2 Å². The molecule has 19 heavy (non-hydrogen) atoms. The monoisotopic (exact) mass is 264 g/mol. The Hall–Kier alpha value is -1.58. The number of anilines is 1. The number of benzene rings is 1. The first-order valence-corrected chi connectivity index (χ1v) is 6.68. The van der Waals surface area contributed by atoms with Crippen LogP contribution in [0.1, 0.15) is 49.0 Å². The van der Waals surface area contributed by atoms with Crippen LogP contribution in [0, 0.1) is 18.2 Å². The van der Waals surface area contributed by atoms with Crippen molar-refractivity contribution in [1.29, 1.82) is 0 Å². The van der Waals surface area contributed by atoms with Crippen molar-refractivity contribution in [3.63, 3.8) is 0 Å². The zero-order valence-corrected chi connectivity index (χ0v) is 11.7. The second-order valence-electron chi connectivity index (χ2n) is 6.11. The van der Waals surface area contributed by atoms with Crippen molar-refractivity contribution in [2.24, 2.45) is 5.41 Å². The van der Waals surface area contributed by atoms with Gasteiger partial charge in [0.15, 0.2) is 0 Å². The minimum absolute atomic E-state index is 0.0419. The largest absolute Gasteiger partial charge is 0.399 e. The van der Waals surface area contributed by atoms with Crippen molar-refractivity contribution in [2.45, 2.75) is 46.1 Å². The molecule has 1 aromatic carbocycles. The van der Waals surface area contributed by atoms with Gasteiger partial charge in [-0.1, -0.05) is 20.3 Å². The predicted molar refractivity (Wildman–Crippen MR) is 74.4 cm³/mol. The van der Waals surface area contributed by atoms with E-state index < -0.39 is 5.82 Å². The molecular weight excluding hydrogens is 243 g/mol. The van der Waals surface area contributed by atoms with E-state index in [-0.39, 0.29) is 22.9 Å². The lowest BCUT2D eigenvalue weighted by atomic mass is 9.87. The van der Waals surface area contributed by atoms with Crippen LogP contribution in [0.2, 0.25) is 0 Å². The highest BCUT2D eigenvalue weighted by Gasteiger charge is 2.35. The third-order valence-electron chi connectivity index (χ3n) is 4.08. The second-order valence-corrected chi connectivity index (χ2v) is 6.11. The molecule has 0 aromatic heterocycles. The third-order valence-corrected chi connectivity index (χ3v) is 4.08. The molecule has 3 N–H and O–H groups in total. The first kappa shape index (κ1) is 13.8. The van der Waals surface area contributed by atoms with Crippen molar-refractivity contribution in [2.75, 3.05) is 5.73 Å². The van der Waals surface area contributed by atoms with E-state index in [1.54, 1.807) is 6.92 Å². The van der Waals surface area contributed by atoms with Gasteiger partial charge in [-0.3, -0.25) is 4.79 Å². The summed E-state index contributed by atoms with van der Waals surface area (Å²) in [7, 11) is 0. The molecule has 0 radical (unpaired) electrons. The molecule has 1 aliphatic rings. The minimum Gasteiger partial charge on any atom is -0.399 e. The smallest absolute Gasteiger partial charge is 0.254 e. The van der Waals surface area contributed by atoms with Gasteiger partial charge in [0.25, 0.3) is 5.91 Å². The molecule has 1 aromatic rings. The molecule has 2 rings (SSSR count). The summed E-state index contributed by atoms with van der Waals surface area (Å²) in [6.07, 6.45) is 3.12. The van der Waals surface area contributed by atoms with E-state index in [4.69, 9.17) is 5.73 Å². The fraction of sp³-hybridized carbons (Fsp3) is 0.533. The number of carbonyl (C=O) groups is 1. The zero-order valence-electron chi connectivity index (χ0n) is 11.7. The molecule has 0 spiro atoms. The van der Waals surface area contributed by atoms with Crippen LogP contribution in [-0.2, 0) is 0 Å². The Labute approximate surface area is 113 Å². The van der Waals surface area contributed by atoms with Crippen molar-refractivity contribution >= 4 is 11.6 Å². The van der Waals surface area contributed by atoms with Gasteiger partial charge in [-0.05, 0) is 42.9 Å². The minimum atomic E-state index is -0.484. The second kappa shape index (κ2) is 4.83. The van der Waals surface area contributed by atoms with Crippen LogP contribution < -0.4 is 11.1 Å². The van der Waals surface area contributed by atoms with Crippen LogP contribution in [0.5, 0.6) is 0 Å². The van der Waals surface area contributed by atoms with E-state index in [9.17, 15) is 9.18 Å². The van der Waals surface area contributed by atoms with Crippen LogP contribution >= 0.6 is 0 Å². The predicted octanol–water partition coefficient (Wildman–Crippen LogP) is 3.02. The topological polar surface area (TPSA) is 55.1 Å². The highest BCUT2D eigenvalue weighted by Crippen LogP contribution is 2.37. The standard InChI is InChI=1S/C15H21FN2O/c1-9-7-10(17)8-11(13(9)16)14(19)18-12-5-4-6-15(12,2)3/h7-8,12H,4-6,17H2,1-3H3,(H,18,19). The van der Waals surface area contributed by atoms with Crippen molar-refractivity contribution in [1.82, 2.24) is 5.32 Å². The summed E-state index contributed by atoms with van der Waals surface area (Å²) in [6, 6.07) is 3.03. The summed E-state index contributed by atoms with van der Waals surface area (Å²) in [5, 5.41) is 2.95. The molecule has 0 saturated heterocycles. The molecule has 1 aliphatic carbocycles. The molecule has 3 nitrogen and oxygen atoms in total. The van der Waals surface area contributed by atoms with Crippen LogP contribution in [0.4, 0.5) is 10.1 Å². The maximum Gasteiger partial charge on any atom is 0.254 e. The highest BCUT2D eigenvalue weighted by atomic mass is 19.1. The maximum absolute atomic E-state index is 14.0. The number of hydrogen-bond donors (Lipinski definition) is 2. The number of hydrogen-bond acceptors (Lipinski definition) is 2. The SMILES string of the molecule is Cc1cc(N)cc(C(=O)NC2CCCC2(C)C)c1F. The molecule has 104 valence electrons. The molecule has 1 fully saturated rings. The van der Waals surface area contributed by atoms with Crippen molar-refractivity contribution < 1.29 is 9.18 Å². The van der Waals surface area contributed by atoms with Gasteiger partial charge in [-0.25, -0.2) is 4.39 Å². The first-order valence-electron chi connectivity index (χ1n) is 6.68. The zero-order chi connectivity index (χ0) is 14.2. The summed E-state index contributed by atoms with van der Waals surface area (Å²) in [5.74, 6) is -0.852. The fourth-order valence-electron chi connectivity index (χ4n) is 2.79. The number of rotatable bonds is 2. The van der Waals surface area contributed by atoms with Crippen molar-refractivity contribution in [3.05, 3.63) is 29.1 Å². The molecule has 1 saturated carbocycles. The average molecular weight is 264 g/mol. The van der Waals surface area contributed by atoms with Gasteiger partial charge in [0, 0.05) is 11.7 Å². The molecule has 1 unspecified atom stereocenters. The molecule has 1 atom stereocenters. The van der Waals surface area contributed by atoms with Gasteiger partial charge in [0.05, 0.1) is 5.56 Å². The van der Waals surface area contributed by atoms with Crippen molar-refractivity contribution in [3.8, 4) is 0 Å². The van der Waals surface area contributed by atoms with Gasteiger partial charge in [-0.15, -0.1) is 0 Å². The Morgan fingerprint density at radius 1 is 1.47 bits per heavy atom. The molecule has 0 bridgehead atoms. The number of carbonyl (C=O) groups excluding carboxylic acids is 1. The summed E-state index contributed by atoms with van der Waals surface area (Å²) in [5.41, 5.74) is 6.60. The third kappa shape index (κ3) is 2.72. The number of amides is 1. The van der Waals surface area contributed by atoms with E-state index in [0.717, 1.165) is 19.3 Å². The molecule has 4 heteroatoms. The van der Waals surface area contributed by atoms with Crippen LogP contribution in [0.3, 0.4) is 0 Å². The lowest BCUT2D eigenvalue weighted by Crippen LogP contribution is -2.41. The number of nitrogen functional groups attached to an aromatic ring is 1. The van der Waals surface area contributed by atoms with Crippen LogP contribution in [-0.4, -0.2) is 11.9 Å². The lowest BCUT2D eigenvalue weighted by molar-refractivity contribution is 0.0905. The van der Waals surface area contributed by atoms with E-state index in [1.165, 1.54) is 12.1 Å². The average Bonchev–Trinajstić information content (AvgIpc) is 2.63. The van der Waals surface area contributed by atoms with E-state index in [0.29, 0.717) is 11.3 Å².